The van der Waals surface area contributed by atoms with Gasteiger partial charge in [-0.3, -0.25) is 0 Å². The molecule has 0 unspecified atom stereocenters. The second-order valence-corrected chi connectivity index (χ2v) is 8.78. The molecule has 2 aromatic heterocycles. The van der Waals surface area contributed by atoms with E-state index in [0.717, 1.165) is 17.1 Å². The second kappa shape index (κ2) is 7.33. The fourth-order valence-electron chi connectivity index (χ4n) is 3.26. The lowest BCUT2D eigenvalue weighted by Gasteiger charge is -2.34. The minimum Gasteiger partial charge on any atom is -0.354 e. The molecule has 3 aromatic rings. The Kier molecular flexibility index (Phi) is 4.86. The summed E-state index contributed by atoms with van der Waals surface area (Å²) in [6.07, 6.45) is 3.37. The summed E-state index contributed by atoms with van der Waals surface area (Å²) in [5.74, 6) is 1.46. The molecule has 1 aromatic carbocycles. The zero-order valence-electron chi connectivity index (χ0n) is 15.9. The molecule has 9 heteroatoms. The summed E-state index contributed by atoms with van der Waals surface area (Å²) in [5.41, 5.74) is 1.84. The van der Waals surface area contributed by atoms with Gasteiger partial charge < -0.3 is 4.90 Å². The number of benzene rings is 1. The fraction of sp³-hybridized carbons (Fsp3) is 0.316. The molecule has 0 spiro atoms. The quantitative estimate of drug-likeness (QED) is 0.666. The number of hydrogen-bond donors (Lipinski definition) is 0. The predicted octanol–water partition coefficient (Wildman–Crippen LogP) is 1.79. The van der Waals surface area contributed by atoms with E-state index in [1.54, 1.807) is 22.9 Å². The van der Waals surface area contributed by atoms with Crippen molar-refractivity contribution in [2.24, 2.45) is 0 Å². The van der Waals surface area contributed by atoms with E-state index in [9.17, 15) is 8.42 Å². The molecule has 1 aliphatic rings. The maximum atomic E-state index is 12.9. The first-order valence-corrected chi connectivity index (χ1v) is 10.5. The summed E-state index contributed by atoms with van der Waals surface area (Å²) < 4.78 is 29.0. The third kappa shape index (κ3) is 3.63. The van der Waals surface area contributed by atoms with Crippen LogP contribution in [0.4, 0.5) is 5.82 Å². The molecular formula is C19H22N6O2S. The van der Waals surface area contributed by atoms with Crippen molar-refractivity contribution >= 4 is 15.8 Å². The number of aryl methyl sites for hydroxylation is 2. The zero-order chi connectivity index (χ0) is 19.7. The number of anilines is 1. The van der Waals surface area contributed by atoms with Crippen molar-refractivity contribution in [3.05, 3.63) is 60.2 Å². The van der Waals surface area contributed by atoms with Crippen LogP contribution in [0.2, 0.25) is 0 Å². The van der Waals surface area contributed by atoms with Gasteiger partial charge in [-0.25, -0.2) is 23.1 Å². The molecule has 28 heavy (non-hydrogen) atoms. The van der Waals surface area contributed by atoms with Crippen LogP contribution >= 0.6 is 0 Å². The smallest absolute Gasteiger partial charge is 0.243 e. The van der Waals surface area contributed by atoms with Crippen LogP contribution in [0.15, 0.2) is 53.8 Å². The van der Waals surface area contributed by atoms with Gasteiger partial charge in [0.25, 0.3) is 0 Å². The molecule has 4 rings (SSSR count). The third-order valence-corrected chi connectivity index (χ3v) is 6.68. The molecule has 0 aliphatic carbocycles. The van der Waals surface area contributed by atoms with E-state index in [4.69, 9.17) is 0 Å². The van der Waals surface area contributed by atoms with Crippen molar-refractivity contribution < 1.29 is 8.42 Å². The lowest BCUT2D eigenvalue weighted by Crippen LogP contribution is -2.49. The van der Waals surface area contributed by atoms with Crippen LogP contribution in [-0.2, 0) is 10.0 Å². The van der Waals surface area contributed by atoms with Gasteiger partial charge in [0.1, 0.15) is 12.1 Å². The van der Waals surface area contributed by atoms with Gasteiger partial charge in [-0.1, -0.05) is 12.1 Å². The summed E-state index contributed by atoms with van der Waals surface area (Å²) in [5, 5.41) is 4.37. The topological polar surface area (TPSA) is 84.2 Å². The highest BCUT2D eigenvalue weighted by Gasteiger charge is 2.29. The Balaban J connectivity index is 1.49. The van der Waals surface area contributed by atoms with Gasteiger partial charge in [-0.05, 0) is 37.6 Å². The normalized spacial score (nSPS) is 15.7. The molecule has 0 N–H and O–H groups in total. The van der Waals surface area contributed by atoms with Gasteiger partial charge in [0, 0.05) is 38.4 Å². The first kappa shape index (κ1) is 18.6. The van der Waals surface area contributed by atoms with Crippen LogP contribution in [0.25, 0.3) is 5.82 Å². The summed E-state index contributed by atoms with van der Waals surface area (Å²) in [4.78, 5) is 11.1. The Morgan fingerprint density at radius 3 is 2.36 bits per heavy atom. The van der Waals surface area contributed by atoms with Crippen molar-refractivity contribution in [1.82, 2.24) is 24.1 Å². The van der Waals surface area contributed by atoms with Crippen molar-refractivity contribution in [2.75, 3.05) is 31.1 Å². The molecule has 0 amide bonds. The highest BCUT2D eigenvalue weighted by atomic mass is 32.2. The number of nitrogens with zero attached hydrogens (tertiary/aromatic N) is 6. The second-order valence-electron chi connectivity index (χ2n) is 6.84. The predicted molar refractivity (Wildman–Crippen MR) is 106 cm³/mol. The van der Waals surface area contributed by atoms with Gasteiger partial charge in [0.15, 0.2) is 5.82 Å². The Bertz CT molecular complexity index is 1090. The molecule has 0 radical (unpaired) electrons. The highest BCUT2D eigenvalue weighted by molar-refractivity contribution is 7.89. The molecule has 1 aliphatic heterocycles. The third-order valence-electron chi connectivity index (χ3n) is 4.79. The Hall–Kier alpha value is -2.78. The molecule has 1 fully saturated rings. The minimum absolute atomic E-state index is 0.347. The number of aromatic nitrogens is 4. The summed E-state index contributed by atoms with van der Waals surface area (Å²) in [6.45, 7) is 5.78. The molecule has 1 saturated heterocycles. The molecule has 3 heterocycles. The summed E-state index contributed by atoms with van der Waals surface area (Å²) in [7, 11) is -3.48. The van der Waals surface area contributed by atoms with Gasteiger partial charge in [0.2, 0.25) is 10.0 Å². The van der Waals surface area contributed by atoms with Gasteiger partial charge in [0.05, 0.1) is 10.6 Å². The molecule has 0 saturated carbocycles. The van der Waals surface area contributed by atoms with Gasteiger partial charge in [-0.2, -0.15) is 9.40 Å². The molecular weight excluding hydrogens is 376 g/mol. The summed E-state index contributed by atoms with van der Waals surface area (Å²) >= 11 is 0. The Morgan fingerprint density at radius 2 is 1.68 bits per heavy atom. The average molecular weight is 398 g/mol. The monoisotopic (exact) mass is 398 g/mol. The van der Waals surface area contributed by atoms with E-state index in [0.29, 0.717) is 36.9 Å². The molecule has 0 atom stereocenters. The van der Waals surface area contributed by atoms with E-state index < -0.39 is 10.0 Å². The van der Waals surface area contributed by atoms with E-state index in [2.05, 4.69) is 20.0 Å². The molecule has 0 bridgehead atoms. The van der Waals surface area contributed by atoms with E-state index in [1.807, 2.05) is 38.2 Å². The summed E-state index contributed by atoms with van der Waals surface area (Å²) in [6, 6.07) is 10.8. The van der Waals surface area contributed by atoms with Crippen molar-refractivity contribution in [2.45, 2.75) is 18.7 Å². The number of sulfonamides is 1. The van der Waals surface area contributed by atoms with Gasteiger partial charge in [-0.15, -0.1) is 0 Å². The average Bonchev–Trinajstić information content (AvgIpc) is 3.15. The Labute approximate surface area is 164 Å². The maximum Gasteiger partial charge on any atom is 0.243 e. The van der Waals surface area contributed by atoms with Crippen LogP contribution in [0, 0.1) is 13.8 Å². The van der Waals surface area contributed by atoms with Crippen LogP contribution in [0.1, 0.15) is 11.3 Å². The van der Waals surface area contributed by atoms with E-state index in [1.165, 1.54) is 10.6 Å². The molecule has 146 valence electrons. The first-order valence-electron chi connectivity index (χ1n) is 9.10. The van der Waals surface area contributed by atoms with Crippen LogP contribution in [0.3, 0.4) is 0 Å². The van der Waals surface area contributed by atoms with Crippen LogP contribution in [0.5, 0.6) is 0 Å². The molecule has 8 nitrogen and oxygen atoms in total. The fourth-order valence-corrected chi connectivity index (χ4v) is 4.79. The minimum atomic E-state index is -3.48. The maximum absolute atomic E-state index is 12.9. The number of rotatable bonds is 4. The van der Waals surface area contributed by atoms with Crippen molar-refractivity contribution in [1.29, 1.82) is 0 Å². The lowest BCUT2D eigenvalue weighted by atomic mass is 10.2. The SMILES string of the molecule is Cc1cccc(S(=O)(=O)N2CCN(c3cc(-n4ccc(C)n4)ncn3)CC2)c1. The van der Waals surface area contributed by atoms with Gasteiger partial charge >= 0.3 is 0 Å². The van der Waals surface area contributed by atoms with E-state index in [-0.39, 0.29) is 0 Å². The zero-order valence-corrected chi connectivity index (χ0v) is 16.7. The standard InChI is InChI=1S/C19H22N6O2S/c1-15-4-3-5-17(12-15)28(26,27)24-10-8-23(9-11-24)18-13-19(21-14-20-18)25-7-6-16(2)22-25/h3-7,12-14H,8-11H2,1-2H3. The number of piperazine rings is 1. The van der Waals surface area contributed by atoms with Crippen molar-refractivity contribution in [3.8, 4) is 5.82 Å². The van der Waals surface area contributed by atoms with E-state index >= 15 is 0 Å². The lowest BCUT2D eigenvalue weighted by molar-refractivity contribution is 0.383. The highest BCUT2D eigenvalue weighted by Crippen LogP contribution is 2.21. The first-order chi connectivity index (χ1) is 13.4. The van der Waals surface area contributed by atoms with Crippen LogP contribution < -0.4 is 4.90 Å². The largest absolute Gasteiger partial charge is 0.354 e. The Morgan fingerprint density at radius 1 is 0.929 bits per heavy atom. The van der Waals surface area contributed by atoms with Crippen molar-refractivity contribution in [3.63, 3.8) is 0 Å². The number of hydrogen-bond acceptors (Lipinski definition) is 6. The van der Waals surface area contributed by atoms with Crippen LogP contribution in [-0.4, -0.2) is 58.7 Å².